The van der Waals surface area contributed by atoms with E-state index >= 15 is 0 Å². The minimum atomic E-state index is -1.01. The lowest BCUT2D eigenvalue weighted by atomic mass is 9.88. The standard InChI is InChI=1S/C21H19N3O3/c25-20(24-12-17-16(22-13-23-17)11-18(24)21(26)27)19(14-7-3-1-4-8-14)15-9-5-2-6-10-15/h1-10,13,18-19H,11-12H2,(H,22,23)(H,26,27). The fourth-order valence-electron chi connectivity index (χ4n) is 3.62. The molecule has 0 radical (unpaired) electrons. The summed E-state index contributed by atoms with van der Waals surface area (Å²) in [4.78, 5) is 34.1. The second-order valence-electron chi connectivity index (χ2n) is 6.61. The Morgan fingerprint density at radius 1 is 1.04 bits per heavy atom. The van der Waals surface area contributed by atoms with Gasteiger partial charge in [0.05, 0.1) is 24.5 Å². The van der Waals surface area contributed by atoms with Crippen LogP contribution in [0.4, 0.5) is 0 Å². The molecule has 136 valence electrons. The number of imidazole rings is 1. The molecular formula is C21H19N3O3. The second-order valence-corrected chi connectivity index (χ2v) is 6.61. The molecule has 6 nitrogen and oxygen atoms in total. The Labute approximate surface area is 156 Å². The van der Waals surface area contributed by atoms with Crippen LogP contribution in [0.1, 0.15) is 28.4 Å². The number of rotatable bonds is 4. The van der Waals surface area contributed by atoms with Crippen LogP contribution in [0.25, 0.3) is 0 Å². The predicted octanol–water partition coefficient (Wildman–Crippen LogP) is 2.58. The highest BCUT2D eigenvalue weighted by molar-refractivity contribution is 5.91. The van der Waals surface area contributed by atoms with E-state index in [1.54, 1.807) is 6.33 Å². The van der Waals surface area contributed by atoms with Gasteiger partial charge in [0.25, 0.3) is 0 Å². The van der Waals surface area contributed by atoms with E-state index in [9.17, 15) is 14.7 Å². The van der Waals surface area contributed by atoms with Crippen molar-refractivity contribution in [2.24, 2.45) is 0 Å². The lowest BCUT2D eigenvalue weighted by Gasteiger charge is -2.35. The van der Waals surface area contributed by atoms with Crippen molar-refractivity contribution in [3.8, 4) is 0 Å². The highest BCUT2D eigenvalue weighted by Gasteiger charge is 2.39. The van der Waals surface area contributed by atoms with Crippen LogP contribution in [0.5, 0.6) is 0 Å². The summed E-state index contributed by atoms with van der Waals surface area (Å²) in [5.74, 6) is -1.80. The zero-order chi connectivity index (χ0) is 18.8. The van der Waals surface area contributed by atoms with Crippen molar-refractivity contribution in [1.82, 2.24) is 14.9 Å². The molecule has 0 bridgehead atoms. The summed E-state index contributed by atoms with van der Waals surface area (Å²) in [6, 6.07) is 18.0. The third-order valence-electron chi connectivity index (χ3n) is 4.98. The van der Waals surface area contributed by atoms with Crippen LogP contribution in [0.2, 0.25) is 0 Å². The molecule has 0 saturated heterocycles. The molecule has 1 amide bonds. The first-order valence-electron chi connectivity index (χ1n) is 8.79. The molecule has 1 unspecified atom stereocenters. The summed E-state index contributed by atoms with van der Waals surface area (Å²) >= 11 is 0. The topological polar surface area (TPSA) is 86.3 Å². The molecule has 0 aliphatic carbocycles. The molecule has 1 atom stereocenters. The minimum absolute atomic E-state index is 0.185. The molecule has 6 heteroatoms. The van der Waals surface area contributed by atoms with E-state index in [2.05, 4.69) is 9.97 Å². The maximum atomic E-state index is 13.6. The average Bonchev–Trinajstić information content (AvgIpc) is 3.16. The summed E-state index contributed by atoms with van der Waals surface area (Å²) in [5.41, 5.74) is 3.18. The summed E-state index contributed by atoms with van der Waals surface area (Å²) in [5, 5.41) is 9.72. The molecule has 27 heavy (non-hydrogen) atoms. The number of carboxylic acids is 1. The number of nitrogens with one attached hydrogen (secondary N) is 1. The van der Waals surface area contributed by atoms with Crippen molar-refractivity contribution in [2.75, 3.05) is 0 Å². The number of carboxylic acid groups (broad SMARTS) is 1. The van der Waals surface area contributed by atoms with Crippen LogP contribution < -0.4 is 0 Å². The van der Waals surface area contributed by atoms with Gasteiger partial charge in [-0.05, 0) is 11.1 Å². The molecule has 0 spiro atoms. The number of hydrogen-bond acceptors (Lipinski definition) is 3. The number of aromatic amines is 1. The van der Waals surface area contributed by atoms with E-state index in [4.69, 9.17) is 0 Å². The third-order valence-corrected chi connectivity index (χ3v) is 4.98. The van der Waals surface area contributed by atoms with E-state index in [1.165, 1.54) is 4.90 Å². The quantitative estimate of drug-likeness (QED) is 0.748. The zero-order valence-electron chi connectivity index (χ0n) is 14.6. The van der Waals surface area contributed by atoms with Gasteiger partial charge in [-0.2, -0.15) is 0 Å². The monoisotopic (exact) mass is 361 g/mol. The molecular weight excluding hydrogens is 342 g/mol. The normalized spacial score (nSPS) is 16.2. The Morgan fingerprint density at radius 2 is 1.63 bits per heavy atom. The minimum Gasteiger partial charge on any atom is -0.480 e. The van der Waals surface area contributed by atoms with Crippen LogP contribution in [0.3, 0.4) is 0 Å². The largest absolute Gasteiger partial charge is 0.480 e. The van der Waals surface area contributed by atoms with Crippen molar-refractivity contribution >= 4 is 11.9 Å². The maximum Gasteiger partial charge on any atom is 0.326 e. The van der Waals surface area contributed by atoms with Crippen LogP contribution >= 0.6 is 0 Å². The van der Waals surface area contributed by atoms with Gasteiger partial charge in [-0.1, -0.05) is 60.7 Å². The van der Waals surface area contributed by atoms with Crippen LogP contribution in [-0.2, 0) is 22.6 Å². The molecule has 3 aromatic rings. The fraction of sp³-hybridized carbons (Fsp3) is 0.190. The van der Waals surface area contributed by atoms with Gasteiger partial charge in [0.2, 0.25) is 5.91 Å². The van der Waals surface area contributed by atoms with Crippen molar-refractivity contribution < 1.29 is 14.7 Å². The van der Waals surface area contributed by atoms with Gasteiger partial charge in [-0.15, -0.1) is 0 Å². The van der Waals surface area contributed by atoms with E-state index in [-0.39, 0.29) is 18.9 Å². The molecule has 1 aliphatic heterocycles. The molecule has 2 aromatic carbocycles. The van der Waals surface area contributed by atoms with Gasteiger partial charge >= 0.3 is 5.97 Å². The van der Waals surface area contributed by atoms with Gasteiger partial charge < -0.3 is 15.0 Å². The molecule has 4 rings (SSSR count). The lowest BCUT2D eigenvalue weighted by Crippen LogP contribution is -2.50. The number of amides is 1. The number of hydrogen-bond donors (Lipinski definition) is 2. The molecule has 1 aromatic heterocycles. The number of carbonyl (C=O) groups is 2. The SMILES string of the molecule is O=C(O)C1Cc2[nH]cnc2CN1C(=O)C(c1ccccc1)c1ccccc1. The molecule has 0 saturated carbocycles. The first-order valence-corrected chi connectivity index (χ1v) is 8.79. The first kappa shape index (κ1) is 17.0. The Kier molecular flexibility index (Phi) is 4.46. The number of fused-ring (bicyclic) bond motifs is 1. The smallest absolute Gasteiger partial charge is 0.326 e. The molecule has 2 heterocycles. The summed E-state index contributed by atoms with van der Waals surface area (Å²) in [6.07, 6.45) is 1.77. The Balaban J connectivity index is 1.76. The van der Waals surface area contributed by atoms with Gasteiger partial charge in [-0.3, -0.25) is 4.79 Å². The number of aromatic nitrogens is 2. The summed E-state index contributed by atoms with van der Waals surface area (Å²) in [6.45, 7) is 0.185. The maximum absolute atomic E-state index is 13.6. The number of H-pyrrole nitrogens is 1. The molecule has 0 fully saturated rings. The highest BCUT2D eigenvalue weighted by Crippen LogP contribution is 2.31. The summed E-state index contributed by atoms with van der Waals surface area (Å²) < 4.78 is 0. The number of aliphatic carboxylic acids is 1. The zero-order valence-corrected chi connectivity index (χ0v) is 14.6. The van der Waals surface area contributed by atoms with Crippen molar-refractivity contribution in [3.63, 3.8) is 0 Å². The molecule has 2 N–H and O–H groups in total. The fourth-order valence-corrected chi connectivity index (χ4v) is 3.62. The molecule has 1 aliphatic rings. The van der Waals surface area contributed by atoms with Gasteiger partial charge in [-0.25, -0.2) is 9.78 Å². The number of nitrogens with zero attached hydrogens (tertiary/aromatic N) is 2. The van der Waals surface area contributed by atoms with Crippen molar-refractivity contribution in [1.29, 1.82) is 0 Å². The first-order chi connectivity index (χ1) is 13.1. The van der Waals surface area contributed by atoms with Crippen molar-refractivity contribution in [2.45, 2.75) is 24.9 Å². The van der Waals surface area contributed by atoms with Crippen LogP contribution in [0.15, 0.2) is 67.0 Å². The van der Waals surface area contributed by atoms with Crippen LogP contribution in [0, 0.1) is 0 Å². The van der Waals surface area contributed by atoms with E-state index in [1.807, 2.05) is 60.7 Å². The van der Waals surface area contributed by atoms with Gasteiger partial charge in [0.15, 0.2) is 0 Å². The van der Waals surface area contributed by atoms with Crippen LogP contribution in [-0.4, -0.2) is 37.9 Å². The Bertz CT molecular complexity index is 914. The lowest BCUT2D eigenvalue weighted by molar-refractivity contribution is -0.151. The Morgan fingerprint density at radius 3 is 2.19 bits per heavy atom. The third kappa shape index (κ3) is 3.21. The summed E-state index contributed by atoms with van der Waals surface area (Å²) in [7, 11) is 0. The van der Waals surface area contributed by atoms with E-state index in [0.29, 0.717) is 0 Å². The van der Waals surface area contributed by atoms with Gasteiger partial charge in [0, 0.05) is 12.1 Å². The number of benzene rings is 2. The van der Waals surface area contributed by atoms with E-state index in [0.717, 1.165) is 22.5 Å². The average molecular weight is 361 g/mol. The Hall–Kier alpha value is -3.41. The van der Waals surface area contributed by atoms with Crippen molar-refractivity contribution in [3.05, 3.63) is 89.5 Å². The predicted molar refractivity (Wildman–Crippen MR) is 99.0 cm³/mol. The highest BCUT2D eigenvalue weighted by atomic mass is 16.4. The van der Waals surface area contributed by atoms with Gasteiger partial charge in [0.1, 0.15) is 6.04 Å². The van der Waals surface area contributed by atoms with E-state index < -0.39 is 17.9 Å². The second kappa shape index (κ2) is 7.07. The number of carbonyl (C=O) groups excluding carboxylic acids is 1.